The number of rotatable bonds is 5. The zero-order valence-electron chi connectivity index (χ0n) is 10.6. The molecule has 1 aromatic carbocycles. The van der Waals surface area contributed by atoms with Gasteiger partial charge >= 0.3 is 0 Å². The lowest BCUT2D eigenvalue weighted by Crippen LogP contribution is -2.14. The molecule has 3 nitrogen and oxygen atoms in total. The number of hydrogen-bond acceptors (Lipinski definition) is 3. The molecule has 0 saturated carbocycles. The molecule has 0 aliphatic heterocycles. The van der Waals surface area contributed by atoms with E-state index >= 15 is 0 Å². The normalized spacial score (nSPS) is 20.1. The third-order valence-electron chi connectivity index (χ3n) is 3.30. The van der Waals surface area contributed by atoms with E-state index in [2.05, 4.69) is 19.1 Å². The van der Waals surface area contributed by atoms with E-state index in [0.717, 1.165) is 31.6 Å². The fraction of sp³-hybridized carbons (Fsp3) is 0.571. The molecule has 0 fully saturated rings. The minimum atomic E-state index is 0.183. The van der Waals surface area contributed by atoms with E-state index in [0.29, 0.717) is 0 Å². The maximum Gasteiger partial charge on any atom is 0.119 e. The Morgan fingerprint density at radius 2 is 2.29 bits per heavy atom. The van der Waals surface area contributed by atoms with Crippen molar-refractivity contribution in [2.24, 2.45) is 5.73 Å². The van der Waals surface area contributed by atoms with E-state index in [4.69, 9.17) is 15.2 Å². The summed E-state index contributed by atoms with van der Waals surface area (Å²) in [6.07, 6.45) is 3.22. The summed E-state index contributed by atoms with van der Waals surface area (Å²) in [5, 5.41) is 0. The number of aryl methyl sites for hydroxylation is 1. The van der Waals surface area contributed by atoms with E-state index in [1.54, 1.807) is 7.11 Å². The highest BCUT2D eigenvalue weighted by molar-refractivity contribution is 5.40. The highest BCUT2D eigenvalue weighted by Crippen LogP contribution is 2.32. The summed E-state index contributed by atoms with van der Waals surface area (Å²) in [5.74, 6) is 0.946. The summed E-state index contributed by atoms with van der Waals surface area (Å²) in [6, 6.07) is 6.47. The van der Waals surface area contributed by atoms with E-state index in [9.17, 15) is 0 Å². The van der Waals surface area contributed by atoms with Gasteiger partial charge in [-0.1, -0.05) is 6.07 Å². The molecule has 0 saturated heterocycles. The third-order valence-corrected chi connectivity index (χ3v) is 3.30. The lowest BCUT2D eigenvalue weighted by molar-refractivity contribution is 0.135. The molecule has 0 amide bonds. The van der Waals surface area contributed by atoms with Crippen molar-refractivity contribution in [3.63, 3.8) is 0 Å². The molecular weight excluding hydrogens is 214 g/mol. The molecule has 0 spiro atoms. The van der Waals surface area contributed by atoms with Crippen molar-refractivity contribution in [1.29, 1.82) is 0 Å². The Balaban J connectivity index is 1.98. The molecule has 3 heteroatoms. The number of ether oxygens (including phenoxy) is 2. The summed E-state index contributed by atoms with van der Waals surface area (Å²) in [6.45, 7) is 2.80. The van der Waals surface area contributed by atoms with Gasteiger partial charge in [-0.2, -0.15) is 0 Å². The van der Waals surface area contributed by atoms with Crippen molar-refractivity contribution in [3.8, 4) is 5.75 Å². The van der Waals surface area contributed by atoms with Gasteiger partial charge in [-0.05, 0) is 43.0 Å². The molecule has 0 aromatic heterocycles. The molecule has 17 heavy (non-hydrogen) atoms. The van der Waals surface area contributed by atoms with Gasteiger partial charge in [0.05, 0.1) is 6.10 Å². The molecule has 2 rings (SSSR count). The van der Waals surface area contributed by atoms with Crippen LogP contribution in [0.4, 0.5) is 0 Å². The van der Waals surface area contributed by atoms with Crippen LogP contribution in [0.2, 0.25) is 0 Å². The van der Waals surface area contributed by atoms with Gasteiger partial charge in [0.2, 0.25) is 0 Å². The van der Waals surface area contributed by atoms with E-state index < -0.39 is 0 Å². The van der Waals surface area contributed by atoms with Crippen LogP contribution in [0.1, 0.15) is 36.9 Å². The maximum absolute atomic E-state index is 6.01. The lowest BCUT2D eigenvalue weighted by atomic mass is 10.1. The number of fused-ring (bicyclic) bond motifs is 1. The molecule has 1 aliphatic carbocycles. The van der Waals surface area contributed by atoms with Gasteiger partial charge in [-0.3, -0.25) is 0 Å². The predicted octanol–water partition coefficient (Wildman–Crippen LogP) is 2.44. The molecule has 0 radical (unpaired) electrons. The molecule has 94 valence electrons. The summed E-state index contributed by atoms with van der Waals surface area (Å²) >= 11 is 0. The second kappa shape index (κ2) is 5.52. The van der Waals surface area contributed by atoms with Crippen molar-refractivity contribution in [1.82, 2.24) is 0 Å². The average Bonchev–Trinajstić information content (AvgIpc) is 2.68. The molecular formula is C14H21NO2. The van der Waals surface area contributed by atoms with Crippen LogP contribution in [-0.4, -0.2) is 19.8 Å². The number of benzene rings is 1. The Hall–Kier alpha value is -1.06. The Morgan fingerprint density at radius 1 is 1.47 bits per heavy atom. The highest BCUT2D eigenvalue weighted by Gasteiger charge is 2.19. The summed E-state index contributed by atoms with van der Waals surface area (Å²) in [4.78, 5) is 0. The van der Waals surface area contributed by atoms with E-state index in [1.807, 2.05) is 6.07 Å². The summed E-state index contributed by atoms with van der Waals surface area (Å²) < 4.78 is 10.9. The first kappa shape index (κ1) is 12.4. The molecule has 0 heterocycles. The highest BCUT2D eigenvalue weighted by atomic mass is 16.5. The zero-order valence-corrected chi connectivity index (χ0v) is 10.6. The topological polar surface area (TPSA) is 44.5 Å². The Labute approximate surface area is 103 Å². The Morgan fingerprint density at radius 3 is 3.06 bits per heavy atom. The van der Waals surface area contributed by atoms with Gasteiger partial charge in [-0.15, -0.1) is 0 Å². The standard InChI is InChI=1S/C14H21NO2/c1-10(7-8-16-2)17-12-4-5-13-11(9-12)3-6-14(13)15/h4-5,9-10,14H,3,6-8,15H2,1-2H3. The quantitative estimate of drug-likeness (QED) is 0.852. The smallest absolute Gasteiger partial charge is 0.119 e. The first-order valence-electron chi connectivity index (χ1n) is 6.24. The fourth-order valence-electron chi connectivity index (χ4n) is 2.28. The first-order valence-corrected chi connectivity index (χ1v) is 6.24. The zero-order chi connectivity index (χ0) is 12.3. The van der Waals surface area contributed by atoms with E-state index in [-0.39, 0.29) is 12.1 Å². The average molecular weight is 235 g/mol. The van der Waals surface area contributed by atoms with Gasteiger partial charge in [0, 0.05) is 26.2 Å². The van der Waals surface area contributed by atoms with Crippen molar-refractivity contribution in [2.45, 2.75) is 38.3 Å². The fourth-order valence-corrected chi connectivity index (χ4v) is 2.28. The Kier molecular flexibility index (Phi) is 4.02. The van der Waals surface area contributed by atoms with Gasteiger partial charge in [0.15, 0.2) is 0 Å². The minimum absolute atomic E-state index is 0.183. The molecule has 1 aromatic rings. The van der Waals surface area contributed by atoms with Crippen molar-refractivity contribution in [3.05, 3.63) is 29.3 Å². The van der Waals surface area contributed by atoms with Crippen LogP contribution >= 0.6 is 0 Å². The van der Waals surface area contributed by atoms with Gasteiger partial charge < -0.3 is 15.2 Å². The molecule has 1 aliphatic rings. The monoisotopic (exact) mass is 235 g/mol. The third kappa shape index (κ3) is 2.99. The van der Waals surface area contributed by atoms with Crippen LogP contribution in [0.3, 0.4) is 0 Å². The number of hydrogen-bond donors (Lipinski definition) is 1. The minimum Gasteiger partial charge on any atom is -0.491 e. The Bertz CT molecular complexity index is 378. The molecule has 2 atom stereocenters. The van der Waals surface area contributed by atoms with Crippen LogP contribution in [0, 0.1) is 0 Å². The molecule has 0 bridgehead atoms. The number of nitrogens with two attached hydrogens (primary N) is 1. The SMILES string of the molecule is COCCC(C)Oc1ccc2c(c1)CCC2N. The van der Waals surface area contributed by atoms with Crippen molar-refractivity contribution >= 4 is 0 Å². The summed E-state index contributed by atoms with van der Waals surface area (Å²) in [7, 11) is 1.71. The largest absolute Gasteiger partial charge is 0.491 e. The summed E-state index contributed by atoms with van der Waals surface area (Å²) in [5.41, 5.74) is 8.63. The van der Waals surface area contributed by atoms with Crippen LogP contribution in [0.15, 0.2) is 18.2 Å². The maximum atomic E-state index is 6.01. The number of methoxy groups -OCH3 is 1. The van der Waals surface area contributed by atoms with Crippen molar-refractivity contribution < 1.29 is 9.47 Å². The first-order chi connectivity index (χ1) is 8.20. The molecule has 2 N–H and O–H groups in total. The van der Waals surface area contributed by atoms with Gasteiger partial charge in [0.25, 0.3) is 0 Å². The van der Waals surface area contributed by atoms with E-state index in [1.165, 1.54) is 11.1 Å². The van der Waals surface area contributed by atoms with Gasteiger partial charge in [-0.25, -0.2) is 0 Å². The van der Waals surface area contributed by atoms with Crippen LogP contribution < -0.4 is 10.5 Å². The van der Waals surface area contributed by atoms with Crippen LogP contribution in [-0.2, 0) is 11.2 Å². The van der Waals surface area contributed by atoms with Crippen molar-refractivity contribution in [2.75, 3.05) is 13.7 Å². The molecule has 2 unspecified atom stereocenters. The second-order valence-corrected chi connectivity index (χ2v) is 4.72. The lowest BCUT2D eigenvalue weighted by Gasteiger charge is -2.15. The van der Waals surface area contributed by atoms with Crippen LogP contribution in [0.25, 0.3) is 0 Å². The van der Waals surface area contributed by atoms with Crippen LogP contribution in [0.5, 0.6) is 5.75 Å². The van der Waals surface area contributed by atoms with Gasteiger partial charge in [0.1, 0.15) is 5.75 Å². The second-order valence-electron chi connectivity index (χ2n) is 4.72. The predicted molar refractivity (Wildman–Crippen MR) is 68.3 cm³/mol.